The van der Waals surface area contributed by atoms with Crippen LogP contribution >= 0.6 is 23.4 Å². The molecule has 1 aliphatic rings. The molecule has 0 bridgehead atoms. The average Bonchev–Trinajstić information content (AvgIpc) is 2.19. The predicted molar refractivity (Wildman–Crippen MR) is 65.4 cm³/mol. The van der Waals surface area contributed by atoms with E-state index < -0.39 is 0 Å². The van der Waals surface area contributed by atoms with Crippen molar-refractivity contribution in [2.24, 2.45) is 0 Å². The number of nitrogens with one attached hydrogen (secondary N) is 1. The Balaban J connectivity index is 1.95. The van der Waals surface area contributed by atoms with Gasteiger partial charge in [-0.3, -0.25) is 0 Å². The second-order valence-corrected chi connectivity index (χ2v) is 5.16. The van der Waals surface area contributed by atoms with Gasteiger partial charge in [0.05, 0.1) is 0 Å². The van der Waals surface area contributed by atoms with Gasteiger partial charge >= 0.3 is 0 Å². The zero-order valence-electron chi connectivity index (χ0n) is 8.00. The molecule has 0 spiro atoms. The Labute approximate surface area is 94.2 Å². The van der Waals surface area contributed by atoms with Crippen LogP contribution in [0.4, 0.5) is 5.69 Å². The van der Waals surface area contributed by atoms with Gasteiger partial charge in [-0.15, -0.1) is 0 Å². The summed E-state index contributed by atoms with van der Waals surface area (Å²) in [5.41, 5.74) is 1.14. The van der Waals surface area contributed by atoms with Crippen molar-refractivity contribution in [3.8, 4) is 0 Å². The normalized spacial score (nSPS) is 21.9. The van der Waals surface area contributed by atoms with Crippen molar-refractivity contribution in [1.29, 1.82) is 0 Å². The summed E-state index contributed by atoms with van der Waals surface area (Å²) < 4.78 is 0. The van der Waals surface area contributed by atoms with E-state index in [1.54, 1.807) is 0 Å². The predicted octanol–water partition coefficient (Wildman–Crippen LogP) is 3.65. The molecule has 1 aromatic carbocycles. The highest BCUT2D eigenvalue weighted by molar-refractivity contribution is 7.99. The highest BCUT2D eigenvalue weighted by atomic mass is 35.5. The third kappa shape index (κ3) is 2.82. The van der Waals surface area contributed by atoms with E-state index in [0.717, 1.165) is 10.7 Å². The van der Waals surface area contributed by atoms with Crippen molar-refractivity contribution in [3.05, 3.63) is 29.3 Å². The SMILES string of the molecule is Clc1cccc(N[C@@H]2CCCSC2)c1. The zero-order valence-corrected chi connectivity index (χ0v) is 9.57. The van der Waals surface area contributed by atoms with Gasteiger partial charge in [-0.1, -0.05) is 17.7 Å². The standard InChI is InChI=1S/C11H14ClNS/c12-9-3-1-4-10(7-9)13-11-5-2-6-14-8-11/h1,3-4,7,11,13H,2,5-6,8H2/t11-/m1/s1. The van der Waals surface area contributed by atoms with Crippen LogP contribution in [-0.2, 0) is 0 Å². The van der Waals surface area contributed by atoms with Gasteiger partial charge in [-0.25, -0.2) is 0 Å². The third-order valence-corrected chi connectivity index (χ3v) is 3.81. The summed E-state index contributed by atoms with van der Waals surface area (Å²) >= 11 is 7.95. The molecule has 3 heteroatoms. The zero-order chi connectivity index (χ0) is 9.80. The number of hydrogen-bond acceptors (Lipinski definition) is 2. The highest BCUT2D eigenvalue weighted by Crippen LogP contribution is 2.22. The maximum atomic E-state index is 5.92. The number of rotatable bonds is 2. The smallest absolute Gasteiger partial charge is 0.0426 e. The van der Waals surface area contributed by atoms with E-state index in [1.165, 1.54) is 24.3 Å². The van der Waals surface area contributed by atoms with Gasteiger partial charge in [0.2, 0.25) is 0 Å². The fraction of sp³-hybridized carbons (Fsp3) is 0.455. The Morgan fingerprint density at radius 2 is 2.36 bits per heavy atom. The fourth-order valence-corrected chi connectivity index (χ4v) is 2.93. The van der Waals surface area contributed by atoms with Crippen LogP contribution < -0.4 is 5.32 Å². The number of anilines is 1. The van der Waals surface area contributed by atoms with E-state index in [2.05, 4.69) is 11.4 Å². The molecule has 0 saturated carbocycles. The summed E-state index contributed by atoms with van der Waals surface area (Å²) in [6.45, 7) is 0. The van der Waals surface area contributed by atoms with E-state index in [9.17, 15) is 0 Å². The molecule has 1 N–H and O–H groups in total. The molecule has 1 nitrogen and oxygen atoms in total. The van der Waals surface area contributed by atoms with Crippen molar-refractivity contribution < 1.29 is 0 Å². The minimum Gasteiger partial charge on any atom is -0.381 e. The number of thioether (sulfide) groups is 1. The van der Waals surface area contributed by atoms with Crippen molar-refractivity contribution in [2.75, 3.05) is 16.8 Å². The van der Waals surface area contributed by atoms with E-state index in [-0.39, 0.29) is 0 Å². The number of hydrogen-bond donors (Lipinski definition) is 1. The van der Waals surface area contributed by atoms with Crippen LogP contribution in [0.1, 0.15) is 12.8 Å². The Morgan fingerprint density at radius 3 is 3.07 bits per heavy atom. The molecule has 1 aliphatic heterocycles. The molecule has 76 valence electrons. The van der Waals surface area contributed by atoms with Crippen LogP contribution in [0, 0.1) is 0 Å². The molecule has 1 aromatic rings. The van der Waals surface area contributed by atoms with E-state index in [4.69, 9.17) is 11.6 Å². The first-order valence-corrected chi connectivity index (χ1v) is 6.48. The van der Waals surface area contributed by atoms with Gasteiger partial charge in [-0.05, 0) is 36.8 Å². The molecule has 1 fully saturated rings. The molecule has 2 rings (SSSR count). The first-order chi connectivity index (χ1) is 6.84. The van der Waals surface area contributed by atoms with Crippen LogP contribution in [0.15, 0.2) is 24.3 Å². The van der Waals surface area contributed by atoms with Gasteiger partial charge in [0.15, 0.2) is 0 Å². The topological polar surface area (TPSA) is 12.0 Å². The van der Waals surface area contributed by atoms with E-state index in [0.29, 0.717) is 6.04 Å². The van der Waals surface area contributed by atoms with Crippen LogP contribution in [0.3, 0.4) is 0 Å². The summed E-state index contributed by atoms with van der Waals surface area (Å²) in [5, 5.41) is 4.32. The Bertz CT molecular complexity index is 297. The molecule has 0 amide bonds. The molecule has 1 heterocycles. The van der Waals surface area contributed by atoms with E-state index in [1.807, 2.05) is 30.0 Å². The molecule has 1 saturated heterocycles. The largest absolute Gasteiger partial charge is 0.381 e. The lowest BCUT2D eigenvalue weighted by molar-refractivity contribution is 0.685. The van der Waals surface area contributed by atoms with Gasteiger partial charge in [-0.2, -0.15) is 11.8 Å². The Kier molecular flexibility index (Phi) is 3.60. The lowest BCUT2D eigenvalue weighted by Crippen LogP contribution is -2.25. The maximum absolute atomic E-state index is 5.92. The Morgan fingerprint density at radius 1 is 1.43 bits per heavy atom. The van der Waals surface area contributed by atoms with Crippen molar-refractivity contribution in [3.63, 3.8) is 0 Å². The van der Waals surface area contributed by atoms with Gasteiger partial charge in [0.1, 0.15) is 0 Å². The first kappa shape index (κ1) is 10.2. The second kappa shape index (κ2) is 4.94. The summed E-state index contributed by atoms with van der Waals surface area (Å²) in [4.78, 5) is 0. The highest BCUT2D eigenvalue weighted by Gasteiger charge is 2.12. The van der Waals surface area contributed by atoms with Gasteiger partial charge < -0.3 is 5.32 Å². The number of halogens is 1. The summed E-state index contributed by atoms with van der Waals surface area (Å²) in [6, 6.07) is 8.57. The molecular weight excluding hydrogens is 214 g/mol. The molecule has 0 aliphatic carbocycles. The third-order valence-electron chi connectivity index (χ3n) is 2.36. The quantitative estimate of drug-likeness (QED) is 0.828. The fourth-order valence-electron chi connectivity index (χ4n) is 1.67. The summed E-state index contributed by atoms with van der Waals surface area (Å²) in [7, 11) is 0. The lowest BCUT2D eigenvalue weighted by Gasteiger charge is -2.23. The van der Waals surface area contributed by atoms with Crippen LogP contribution in [-0.4, -0.2) is 17.5 Å². The second-order valence-electron chi connectivity index (χ2n) is 3.57. The summed E-state index contributed by atoms with van der Waals surface area (Å²) in [6.07, 6.45) is 2.60. The molecule has 14 heavy (non-hydrogen) atoms. The molecular formula is C11H14ClNS. The monoisotopic (exact) mass is 227 g/mol. The lowest BCUT2D eigenvalue weighted by atomic mass is 10.2. The van der Waals surface area contributed by atoms with Gasteiger partial charge in [0, 0.05) is 22.5 Å². The van der Waals surface area contributed by atoms with E-state index >= 15 is 0 Å². The minimum atomic E-state index is 0.618. The van der Waals surface area contributed by atoms with Crippen LogP contribution in [0.2, 0.25) is 5.02 Å². The Hall–Kier alpha value is -0.340. The first-order valence-electron chi connectivity index (χ1n) is 4.94. The van der Waals surface area contributed by atoms with Crippen molar-refractivity contribution in [2.45, 2.75) is 18.9 Å². The maximum Gasteiger partial charge on any atom is 0.0426 e. The van der Waals surface area contributed by atoms with Gasteiger partial charge in [0.25, 0.3) is 0 Å². The minimum absolute atomic E-state index is 0.618. The molecule has 1 atom stereocenters. The molecule has 0 unspecified atom stereocenters. The van der Waals surface area contributed by atoms with Crippen molar-refractivity contribution >= 4 is 29.1 Å². The van der Waals surface area contributed by atoms with Crippen LogP contribution in [0.5, 0.6) is 0 Å². The van der Waals surface area contributed by atoms with Crippen LogP contribution in [0.25, 0.3) is 0 Å². The molecule has 0 aromatic heterocycles. The molecule has 0 radical (unpaired) electrons. The number of benzene rings is 1. The average molecular weight is 228 g/mol. The van der Waals surface area contributed by atoms with Crippen molar-refractivity contribution in [1.82, 2.24) is 0 Å². The summed E-state index contributed by atoms with van der Waals surface area (Å²) in [5.74, 6) is 2.53.